The van der Waals surface area contributed by atoms with Crippen molar-refractivity contribution in [2.24, 2.45) is 11.3 Å². The molecule has 21 heavy (non-hydrogen) atoms. The van der Waals surface area contributed by atoms with Crippen LogP contribution >= 0.6 is 0 Å². The van der Waals surface area contributed by atoms with Crippen molar-refractivity contribution in [3.63, 3.8) is 0 Å². The molecule has 0 spiro atoms. The Balaban J connectivity index is 2.18. The molecule has 1 aliphatic rings. The molecule has 0 bridgehead atoms. The lowest BCUT2D eigenvalue weighted by Gasteiger charge is -2.36. The molecule has 2 nitrogen and oxygen atoms in total. The summed E-state index contributed by atoms with van der Waals surface area (Å²) in [6, 6.07) is 8.20. The largest absolute Gasteiger partial charge is 0.316 e. The predicted molar refractivity (Wildman–Crippen MR) is 88.8 cm³/mol. The van der Waals surface area contributed by atoms with Gasteiger partial charge < -0.3 is 5.32 Å². The van der Waals surface area contributed by atoms with Crippen LogP contribution < -0.4 is 5.32 Å². The van der Waals surface area contributed by atoms with Gasteiger partial charge >= 0.3 is 0 Å². The van der Waals surface area contributed by atoms with Gasteiger partial charge in [-0.1, -0.05) is 58.9 Å². The van der Waals surface area contributed by atoms with E-state index in [4.69, 9.17) is 0 Å². The minimum absolute atomic E-state index is 0.129. The monoisotopic (exact) mass is 287 g/mol. The fourth-order valence-electron chi connectivity index (χ4n) is 3.15. The number of carbonyl (C=O) groups excluding carboxylic acids is 1. The van der Waals surface area contributed by atoms with E-state index in [1.807, 2.05) is 12.1 Å². The highest BCUT2D eigenvalue weighted by molar-refractivity contribution is 6.00. The third-order valence-electron chi connectivity index (χ3n) is 4.92. The molecule has 0 aliphatic carbocycles. The summed E-state index contributed by atoms with van der Waals surface area (Å²) in [5, 5.41) is 3.42. The maximum Gasteiger partial charge on any atom is 0.168 e. The Labute approximate surface area is 129 Å². The molecule has 1 atom stereocenters. The lowest BCUT2D eigenvalue weighted by Crippen LogP contribution is -2.42. The van der Waals surface area contributed by atoms with Gasteiger partial charge in [0.2, 0.25) is 0 Å². The van der Waals surface area contributed by atoms with E-state index in [1.54, 1.807) is 0 Å². The molecule has 1 aromatic rings. The van der Waals surface area contributed by atoms with Crippen LogP contribution in [-0.2, 0) is 5.41 Å². The molecular formula is C19H29NO. The molecule has 1 heterocycles. The SMILES string of the molecule is CC(C)(C)c1ccc(C(=O)C(C)(C)C2CCCNC2)cc1. The first kappa shape index (κ1) is 16.2. The summed E-state index contributed by atoms with van der Waals surface area (Å²) in [5.74, 6) is 0.706. The van der Waals surface area contributed by atoms with Crippen molar-refractivity contribution in [2.45, 2.75) is 52.9 Å². The molecule has 2 rings (SSSR count). The van der Waals surface area contributed by atoms with Crippen LogP contribution in [0.15, 0.2) is 24.3 Å². The minimum atomic E-state index is -0.295. The number of hydrogen-bond acceptors (Lipinski definition) is 2. The second-order valence-corrected chi connectivity index (χ2v) is 7.92. The number of benzene rings is 1. The minimum Gasteiger partial charge on any atom is -0.316 e. The average molecular weight is 287 g/mol. The molecular weight excluding hydrogens is 258 g/mol. The summed E-state index contributed by atoms with van der Waals surface area (Å²) in [5.41, 5.74) is 1.95. The zero-order valence-corrected chi connectivity index (χ0v) is 14.1. The second kappa shape index (κ2) is 5.92. The first-order valence-electron chi connectivity index (χ1n) is 8.09. The van der Waals surface area contributed by atoms with Crippen LogP contribution in [0.2, 0.25) is 0 Å². The Morgan fingerprint density at radius 3 is 2.19 bits per heavy atom. The molecule has 1 aromatic carbocycles. The van der Waals surface area contributed by atoms with Gasteiger partial charge in [-0.05, 0) is 42.8 Å². The van der Waals surface area contributed by atoms with E-state index in [2.05, 4.69) is 52.1 Å². The first-order valence-corrected chi connectivity index (χ1v) is 8.09. The Kier molecular flexibility index (Phi) is 4.57. The number of Topliss-reactive ketones (excluding diaryl/α,β-unsaturated/α-hetero) is 1. The van der Waals surface area contributed by atoms with Gasteiger partial charge in [-0.3, -0.25) is 4.79 Å². The van der Waals surface area contributed by atoms with Crippen molar-refractivity contribution in [2.75, 3.05) is 13.1 Å². The molecule has 1 fully saturated rings. The van der Waals surface area contributed by atoms with Crippen molar-refractivity contribution in [3.8, 4) is 0 Å². The smallest absolute Gasteiger partial charge is 0.168 e. The summed E-state index contributed by atoms with van der Waals surface area (Å²) in [4.78, 5) is 12.9. The lowest BCUT2D eigenvalue weighted by molar-refractivity contribution is 0.0708. The average Bonchev–Trinajstić information content (AvgIpc) is 2.46. The zero-order chi connectivity index (χ0) is 15.7. The maximum absolute atomic E-state index is 12.9. The molecule has 1 unspecified atom stereocenters. The van der Waals surface area contributed by atoms with Crippen molar-refractivity contribution in [3.05, 3.63) is 35.4 Å². The van der Waals surface area contributed by atoms with E-state index in [9.17, 15) is 4.79 Å². The summed E-state index contributed by atoms with van der Waals surface area (Å²) < 4.78 is 0. The molecule has 1 aliphatic heterocycles. The number of carbonyl (C=O) groups is 1. The molecule has 0 radical (unpaired) electrons. The number of rotatable bonds is 3. The standard InChI is InChI=1S/C19H29NO/c1-18(2,3)15-10-8-14(9-11-15)17(21)19(4,5)16-7-6-12-20-13-16/h8-11,16,20H,6-7,12-13H2,1-5H3. The molecule has 1 saturated heterocycles. The predicted octanol–water partition coefficient (Wildman–Crippen LogP) is 4.19. The first-order chi connectivity index (χ1) is 9.73. The topological polar surface area (TPSA) is 29.1 Å². The van der Waals surface area contributed by atoms with E-state index in [0.717, 1.165) is 25.1 Å². The number of nitrogens with one attached hydrogen (secondary N) is 1. The fourth-order valence-corrected chi connectivity index (χ4v) is 3.15. The van der Waals surface area contributed by atoms with Crippen molar-refractivity contribution in [1.29, 1.82) is 0 Å². The van der Waals surface area contributed by atoms with E-state index in [0.29, 0.717) is 5.92 Å². The van der Waals surface area contributed by atoms with Gasteiger partial charge in [0, 0.05) is 11.0 Å². The normalized spacial score (nSPS) is 20.3. The van der Waals surface area contributed by atoms with Gasteiger partial charge in [-0.15, -0.1) is 0 Å². The third kappa shape index (κ3) is 3.55. The molecule has 0 saturated carbocycles. The van der Waals surface area contributed by atoms with Crippen LogP contribution in [0.4, 0.5) is 0 Å². The zero-order valence-electron chi connectivity index (χ0n) is 14.1. The number of piperidine rings is 1. The van der Waals surface area contributed by atoms with E-state index in [1.165, 1.54) is 12.0 Å². The van der Waals surface area contributed by atoms with Crippen molar-refractivity contribution < 1.29 is 4.79 Å². The summed E-state index contributed by atoms with van der Waals surface area (Å²) in [6.45, 7) is 12.8. The summed E-state index contributed by atoms with van der Waals surface area (Å²) >= 11 is 0. The van der Waals surface area contributed by atoms with Crippen LogP contribution in [0, 0.1) is 11.3 Å². The van der Waals surface area contributed by atoms with Crippen LogP contribution in [-0.4, -0.2) is 18.9 Å². The van der Waals surface area contributed by atoms with Crippen molar-refractivity contribution >= 4 is 5.78 Å². The Morgan fingerprint density at radius 2 is 1.71 bits per heavy atom. The highest BCUT2D eigenvalue weighted by Gasteiger charge is 2.37. The second-order valence-electron chi connectivity index (χ2n) is 7.92. The van der Waals surface area contributed by atoms with Gasteiger partial charge in [-0.25, -0.2) is 0 Å². The maximum atomic E-state index is 12.9. The lowest BCUT2D eigenvalue weighted by atomic mass is 9.70. The molecule has 2 heteroatoms. The van der Waals surface area contributed by atoms with Crippen LogP contribution in [0.1, 0.15) is 63.4 Å². The summed E-state index contributed by atoms with van der Waals surface area (Å²) in [7, 11) is 0. The van der Waals surface area contributed by atoms with Gasteiger partial charge in [0.05, 0.1) is 0 Å². The van der Waals surface area contributed by atoms with Gasteiger partial charge in [0.15, 0.2) is 5.78 Å². The van der Waals surface area contributed by atoms with E-state index in [-0.39, 0.29) is 16.6 Å². The van der Waals surface area contributed by atoms with Gasteiger partial charge in [0.1, 0.15) is 0 Å². The number of hydrogen-bond donors (Lipinski definition) is 1. The Bertz CT molecular complexity index is 487. The third-order valence-corrected chi connectivity index (χ3v) is 4.92. The van der Waals surface area contributed by atoms with Crippen LogP contribution in [0.3, 0.4) is 0 Å². The molecule has 1 N–H and O–H groups in total. The highest BCUT2D eigenvalue weighted by atomic mass is 16.1. The quantitative estimate of drug-likeness (QED) is 0.844. The Morgan fingerprint density at radius 1 is 1.10 bits per heavy atom. The summed E-state index contributed by atoms with van der Waals surface area (Å²) in [6.07, 6.45) is 2.32. The van der Waals surface area contributed by atoms with Crippen LogP contribution in [0.25, 0.3) is 0 Å². The molecule has 0 amide bonds. The van der Waals surface area contributed by atoms with E-state index >= 15 is 0 Å². The number of ketones is 1. The molecule has 116 valence electrons. The van der Waals surface area contributed by atoms with Crippen molar-refractivity contribution in [1.82, 2.24) is 5.32 Å². The molecule has 0 aromatic heterocycles. The Hall–Kier alpha value is -1.15. The van der Waals surface area contributed by atoms with E-state index < -0.39 is 0 Å². The van der Waals surface area contributed by atoms with Gasteiger partial charge in [0.25, 0.3) is 0 Å². The van der Waals surface area contributed by atoms with Crippen LogP contribution in [0.5, 0.6) is 0 Å². The van der Waals surface area contributed by atoms with Gasteiger partial charge in [-0.2, -0.15) is 0 Å². The highest BCUT2D eigenvalue weighted by Crippen LogP contribution is 2.35. The fraction of sp³-hybridized carbons (Fsp3) is 0.632.